The minimum absolute atomic E-state index is 0.0317. The Morgan fingerprint density at radius 1 is 1.23 bits per heavy atom. The van der Waals surface area contributed by atoms with Crippen LogP contribution in [0.1, 0.15) is 40.5 Å². The summed E-state index contributed by atoms with van der Waals surface area (Å²) in [5, 5.41) is 4.14. The second kappa shape index (κ2) is 8.56. The number of nitrogens with two attached hydrogens (primary N) is 1. The van der Waals surface area contributed by atoms with Gasteiger partial charge < -0.3 is 19.8 Å². The Bertz CT molecular complexity index is 1080. The first-order chi connectivity index (χ1) is 14.2. The molecule has 1 aromatic carbocycles. The molecule has 0 aliphatic carbocycles. The fourth-order valence-electron chi connectivity index (χ4n) is 3.10. The number of nitrogens with one attached hydrogen (secondary N) is 1. The van der Waals surface area contributed by atoms with E-state index >= 15 is 0 Å². The van der Waals surface area contributed by atoms with Crippen LogP contribution in [0.25, 0.3) is 21.9 Å². The molecule has 30 heavy (non-hydrogen) atoms. The highest BCUT2D eigenvalue weighted by Crippen LogP contribution is 2.32. The van der Waals surface area contributed by atoms with Crippen molar-refractivity contribution >= 4 is 45.5 Å². The van der Waals surface area contributed by atoms with Gasteiger partial charge in [0, 0.05) is 11.1 Å². The number of ether oxygens (including phenoxy) is 2. The Morgan fingerprint density at radius 3 is 2.70 bits per heavy atom. The van der Waals surface area contributed by atoms with Gasteiger partial charge in [-0.25, -0.2) is 14.8 Å². The van der Waals surface area contributed by atoms with Gasteiger partial charge in [0.2, 0.25) is 0 Å². The molecule has 160 valence electrons. The minimum Gasteiger partial charge on any atom is -0.464 e. The van der Waals surface area contributed by atoms with Crippen LogP contribution in [-0.4, -0.2) is 38.8 Å². The topological polar surface area (TPSA) is 121 Å². The summed E-state index contributed by atoms with van der Waals surface area (Å²) >= 11 is 0. The molecule has 0 unspecified atom stereocenters. The molecule has 2 aromatic heterocycles. The molecule has 3 aromatic rings. The lowest BCUT2D eigenvalue weighted by molar-refractivity contribution is -0.144. The zero-order chi connectivity index (χ0) is 21.9. The number of rotatable bonds is 6. The van der Waals surface area contributed by atoms with Crippen molar-refractivity contribution in [1.82, 2.24) is 14.5 Å². The van der Waals surface area contributed by atoms with Crippen LogP contribution >= 0.6 is 0 Å². The van der Waals surface area contributed by atoms with Crippen molar-refractivity contribution in [2.24, 2.45) is 0 Å². The molecule has 9 nitrogen and oxygen atoms in total. The molecule has 9 heteroatoms. The summed E-state index contributed by atoms with van der Waals surface area (Å²) in [6.45, 7) is 7.74. The highest BCUT2D eigenvalue weighted by Gasteiger charge is 2.20. The number of aromatic nitrogens is 3. The second-order valence-electron chi connectivity index (χ2n) is 7.98. The number of fused-ring (bicyclic) bond motifs is 3. The van der Waals surface area contributed by atoms with Gasteiger partial charge in [-0.15, -0.1) is 0 Å². The van der Waals surface area contributed by atoms with E-state index in [9.17, 15) is 9.59 Å². The molecule has 0 bridgehead atoms. The van der Waals surface area contributed by atoms with Crippen LogP contribution in [0, 0.1) is 0 Å². The third kappa shape index (κ3) is 4.79. The van der Waals surface area contributed by atoms with Crippen molar-refractivity contribution in [3.8, 4) is 0 Å². The maximum absolute atomic E-state index is 12.4. The van der Waals surface area contributed by atoms with E-state index in [1.54, 1.807) is 37.5 Å². The number of unbranched alkanes of at least 4 members (excludes halogenated alkanes) is 1. The van der Waals surface area contributed by atoms with E-state index in [0.717, 1.165) is 18.2 Å². The van der Waals surface area contributed by atoms with E-state index in [2.05, 4.69) is 15.3 Å². The average Bonchev–Trinajstić information content (AvgIpc) is 2.95. The second-order valence-corrected chi connectivity index (χ2v) is 7.98. The van der Waals surface area contributed by atoms with Crippen LogP contribution in [-0.2, 0) is 20.8 Å². The highest BCUT2D eigenvalue weighted by molar-refractivity contribution is 6.12. The summed E-state index contributed by atoms with van der Waals surface area (Å²) in [4.78, 5) is 32.9. The Kier molecular flexibility index (Phi) is 6.09. The quantitative estimate of drug-likeness (QED) is 0.465. The van der Waals surface area contributed by atoms with Crippen molar-refractivity contribution in [2.75, 3.05) is 17.7 Å². The standard InChI is InChI=1S/C21H27N5O4/c1-5-6-9-29-16(27)11-26-15-10-13(25-20(28)30-21(2,3)4)7-8-14(15)17-18(22)23-12-24-19(17)26/h7-8,10,12H,5-6,9,11H2,1-4H3,(H,25,28)(H2,22,23,24). The summed E-state index contributed by atoms with van der Waals surface area (Å²) in [6, 6.07) is 5.30. The first kappa shape index (κ1) is 21.4. The molecule has 0 spiro atoms. The summed E-state index contributed by atoms with van der Waals surface area (Å²) in [7, 11) is 0. The van der Waals surface area contributed by atoms with E-state index in [0.29, 0.717) is 34.7 Å². The predicted molar refractivity (Wildman–Crippen MR) is 115 cm³/mol. The molecule has 0 radical (unpaired) electrons. The molecule has 1 amide bonds. The van der Waals surface area contributed by atoms with Crippen LogP contribution < -0.4 is 11.1 Å². The number of amides is 1. The molecule has 3 N–H and O–H groups in total. The zero-order valence-electron chi connectivity index (χ0n) is 17.7. The molecule has 0 saturated heterocycles. The van der Waals surface area contributed by atoms with Crippen LogP contribution in [0.5, 0.6) is 0 Å². The number of nitrogens with zero attached hydrogens (tertiary/aromatic N) is 3. The first-order valence-electron chi connectivity index (χ1n) is 9.87. The van der Waals surface area contributed by atoms with Crippen LogP contribution in [0.15, 0.2) is 24.5 Å². The highest BCUT2D eigenvalue weighted by atomic mass is 16.6. The first-order valence-corrected chi connectivity index (χ1v) is 9.87. The molecule has 0 aliphatic rings. The third-order valence-electron chi connectivity index (χ3n) is 4.36. The van der Waals surface area contributed by atoms with E-state index in [1.165, 1.54) is 6.33 Å². The van der Waals surface area contributed by atoms with Gasteiger partial charge in [0.1, 0.15) is 29.9 Å². The molecule has 0 fully saturated rings. The lowest BCUT2D eigenvalue weighted by Gasteiger charge is -2.19. The van der Waals surface area contributed by atoms with Gasteiger partial charge >= 0.3 is 12.1 Å². The average molecular weight is 413 g/mol. The van der Waals surface area contributed by atoms with Crippen molar-refractivity contribution in [1.29, 1.82) is 0 Å². The van der Waals surface area contributed by atoms with E-state index in [-0.39, 0.29) is 12.5 Å². The van der Waals surface area contributed by atoms with Crippen molar-refractivity contribution < 1.29 is 19.1 Å². The number of hydrogen-bond acceptors (Lipinski definition) is 7. The van der Waals surface area contributed by atoms with Crippen molar-refractivity contribution in [3.05, 3.63) is 24.5 Å². The smallest absolute Gasteiger partial charge is 0.412 e. The normalized spacial score (nSPS) is 11.6. The van der Waals surface area contributed by atoms with Gasteiger partial charge in [0.05, 0.1) is 17.5 Å². The molecule has 0 aliphatic heterocycles. The number of hydrogen-bond donors (Lipinski definition) is 2. The Balaban J connectivity index is 2.00. The molecular formula is C21H27N5O4. The van der Waals surface area contributed by atoms with Gasteiger partial charge in [-0.05, 0) is 45.4 Å². The Labute approximate surface area is 174 Å². The molecule has 0 atom stereocenters. The largest absolute Gasteiger partial charge is 0.464 e. The zero-order valence-corrected chi connectivity index (χ0v) is 17.7. The van der Waals surface area contributed by atoms with Gasteiger partial charge in [-0.3, -0.25) is 10.1 Å². The fourth-order valence-corrected chi connectivity index (χ4v) is 3.10. The van der Waals surface area contributed by atoms with Gasteiger partial charge in [-0.2, -0.15) is 0 Å². The van der Waals surface area contributed by atoms with Crippen molar-refractivity contribution in [2.45, 2.75) is 52.7 Å². The van der Waals surface area contributed by atoms with Gasteiger partial charge in [0.15, 0.2) is 0 Å². The van der Waals surface area contributed by atoms with Gasteiger partial charge in [-0.1, -0.05) is 13.3 Å². The van der Waals surface area contributed by atoms with E-state index < -0.39 is 11.7 Å². The van der Waals surface area contributed by atoms with Crippen LogP contribution in [0.2, 0.25) is 0 Å². The lowest BCUT2D eigenvalue weighted by Crippen LogP contribution is -2.27. The summed E-state index contributed by atoms with van der Waals surface area (Å²) in [5.74, 6) is -0.0547. The lowest BCUT2D eigenvalue weighted by atomic mass is 10.2. The minimum atomic E-state index is -0.616. The molecular weight excluding hydrogens is 386 g/mol. The summed E-state index contributed by atoms with van der Waals surface area (Å²) in [6.07, 6.45) is 2.53. The van der Waals surface area contributed by atoms with Crippen LogP contribution in [0.4, 0.5) is 16.3 Å². The van der Waals surface area contributed by atoms with Crippen molar-refractivity contribution in [3.63, 3.8) is 0 Å². The van der Waals surface area contributed by atoms with E-state index in [1.807, 2.05) is 13.0 Å². The Hall–Kier alpha value is -3.36. The number of benzene rings is 1. The summed E-state index contributed by atoms with van der Waals surface area (Å²) in [5.41, 5.74) is 7.19. The number of nitrogen functional groups attached to an aromatic ring is 1. The van der Waals surface area contributed by atoms with Gasteiger partial charge in [0.25, 0.3) is 0 Å². The SMILES string of the molecule is CCCCOC(=O)Cn1c2cc(NC(=O)OC(C)(C)C)ccc2c2c(N)ncnc21. The fraction of sp³-hybridized carbons (Fsp3) is 0.429. The molecule has 2 heterocycles. The number of esters is 1. The third-order valence-corrected chi connectivity index (χ3v) is 4.36. The maximum Gasteiger partial charge on any atom is 0.412 e. The number of anilines is 2. The predicted octanol–water partition coefficient (Wildman–Crippen LogP) is 3.86. The molecule has 3 rings (SSSR count). The maximum atomic E-state index is 12.4. The monoisotopic (exact) mass is 413 g/mol. The number of carbonyl (C=O) groups excluding carboxylic acids is 2. The summed E-state index contributed by atoms with van der Waals surface area (Å²) < 4.78 is 12.3. The van der Waals surface area contributed by atoms with E-state index in [4.69, 9.17) is 15.2 Å². The number of carbonyl (C=O) groups is 2. The Morgan fingerprint density at radius 2 is 2.00 bits per heavy atom. The van der Waals surface area contributed by atoms with Crippen LogP contribution in [0.3, 0.4) is 0 Å². The molecule has 0 saturated carbocycles.